The van der Waals surface area contributed by atoms with Gasteiger partial charge in [0.15, 0.2) is 11.5 Å². The molecule has 0 saturated heterocycles. The summed E-state index contributed by atoms with van der Waals surface area (Å²) >= 11 is 0. The molecule has 2 aromatic carbocycles. The zero-order valence-electron chi connectivity index (χ0n) is 17.5. The number of nitro groups is 1. The second-order valence-electron chi connectivity index (χ2n) is 6.59. The second-order valence-corrected chi connectivity index (χ2v) is 8.13. The molecule has 11 nitrogen and oxygen atoms in total. The molecule has 0 atom stereocenters. The number of methoxy groups -OCH3 is 1. The van der Waals surface area contributed by atoms with E-state index in [-0.39, 0.29) is 22.1 Å². The van der Waals surface area contributed by atoms with Gasteiger partial charge in [0, 0.05) is 29.6 Å². The Labute approximate surface area is 189 Å². The minimum atomic E-state index is -4.37. The summed E-state index contributed by atoms with van der Waals surface area (Å²) in [7, 11) is -3.05. The fourth-order valence-electron chi connectivity index (χ4n) is 2.67. The van der Waals surface area contributed by atoms with Gasteiger partial charge in [0.2, 0.25) is 0 Å². The molecule has 12 heteroatoms. The molecule has 0 aliphatic carbocycles. The summed E-state index contributed by atoms with van der Waals surface area (Å²) in [5.74, 6) is -0.484. The topological polar surface area (TPSA) is 150 Å². The Kier molecular flexibility index (Phi) is 6.98. The van der Waals surface area contributed by atoms with Gasteiger partial charge in [-0.3, -0.25) is 19.9 Å². The zero-order chi connectivity index (χ0) is 24.0. The van der Waals surface area contributed by atoms with Crippen LogP contribution in [-0.4, -0.2) is 37.6 Å². The number of nitro benzene ring substituents is 1. The number of pyridine rings is 1. The molecule has 0 fully saturated rings. The van der Waals surface area contributed by atoms with E-state index in [0.29, 0.717) is 16.7 Å². The molecule has 1 amide bonds. The van der Waals surface area contributed by atoms with Gasteiger partial charge in [0.25, 0.3) is 11.6 Å². The number of hydrogen-bond acceptors (Lipinski definition) is 9. The Hall–Kier alpha value is -4.32. The smallest absolute Gasteiger partial charge is 0.339 e. The molecule has 0 spiro atoms. The van der Waals surface area contributed by atoms with E-state index in [0.717, 1.165) is 6.07 Å². The van der Waals surface area contributed by atoms with Crippen LogP contribution in [0.3, 0.4) is 0 Å². The number of carbonyl (C=O) groups is 1. The fourth-order valence-corrected chi connectivity index (χ4v) is 3.64. The van der Waals surface area contributed by atoms with Crippen LogP contribution < -0.4 is 14.3 Å². The van der Waals surface area contributed by atoms with Crippen LogP contribution in [0.2, 0.25) is 0 Å². The van der Waals surface area contributed by atoms with Crippen LogP contribution in [-0.2, 0) is 10.1 Å². The largest absolute Gasteiger partial charge is 0.493 e. The first-order valence-electron chi connectivity index (χ1n) is 9.32. The average molecular weight is 470 g/mol. The molecule has 1 aromatic heterocycles. The van der Waals surface area contributed by atoms with Crippen molar-refractivity contribution in [2.75, 3.05) is 7.11 Å². The summed E-state index contributed by atoms with van der Waals surface area (Å²) in [4.78, 5) is 25.9. The molecule has 0 saturated carbocycles. The van der Waals surface area contributed by atoms with Crippen molar-refractivity contribution in [2.24, 2.45) is 5.10 Å². The molecule has 0 aliphatic rings. The van der Waals surface area contributed by atoms with Crippen molar-refractivity contribution < 1.29 is 27.1 Å². The van der Waals surface area contributed by atoms with Crippen LogP contribution in [0.15, 0.2) is 70.9 Å². The van der Waals surface area contributed by atoms with Crippen LogP contribution in [0.1, 0.15) is 21.5 Å². The number of aryl methyl sites for hydroxylation is 1. The first-order valence-corrected chi connectivity index (χ1v) is 10.7. The number of carbonyl (C=O) groups excluding carboxylic acids is 1. The SMILES string of the molecule is COc1cc(/C=N\NC(=O)c2ccncc2)ccc1OS(=O)(=O)c1ccc(C)c([N+](=O)[O-])c1. The summed E-state index contributed by atoms with van der Waals surface area (Å²) < 4.78 is 35.6. The third kappa shape index (κ3) is 5.68. The number of aromatic nitrogens is 1. The summed E-state index contributed by atoms with van der Waals surface area (Å²) in [6.45, 7) is 1.50. The number of hydrazone groups is 1. The zero-order valence-corrected chi connectivity index (χ0v) is 18.3. The van der Waals surface area contributed by atoms with E-state index in [4.69, 9.17) is 8.92 Å². The quantitative estimate of drug-likeness (QED) is 0.228. The number of ether oxygens (including phenoxy) is 1. The lowest BCUT2D eigenvalue weighted by Gasteiger charge is -2.11. The average Bonchev–Trinajstić information content (AvgIpc) is 2.80. The van der Waals surface area contributed by atoms with Gasteiger partial charge in [-0.15, -0.1) is 0 Å². The van der Waals surface area contributed by atoms with E-state index in [1.54, 1.807) is 0 Å². The van der Waals surface area contributed by atoms with E-state index in [1.165, 1.54) is 75.1 Å². The van der Waals surface area contributed by atoms with E-state index < -0.39 is 20.9 Å². The van der Waals surface area contributed by atoms with E-state index in [9.17, 15) is 23.3 Å². The Morgan fingerprint density at radius 3 is 2.52 bits per heavy atom. The molecule has 0 bridgehead atoms. The van der Waals surface area contributed by atoms with Gasteiger partial charge in [-0.1, -0.05) is 6.07 Å². The van der Waals surface area contributed by atoms with Crippen LogP contribution in [0.5, 0.6) is 11.5 Å². The van der Waals surface area contributed by atoms with E-state index >= 15 is 0 Å². The number of amides is 1. The molecular weight excluding hydrogens is 452 g/mol. The van der Waals surface area contributed by atoms with Crippen LogP contribution in [0.4, 0.5) is 5.69 Å². The molecule has 3 aromatic rings. The van der Waals surface area contributed by atoms with Crippen molar-refractivity contribution in [2.45, 2.75) is 11.8 Å². The second kappa shape index (κ2) is 9.87. The van der Waals surface area contributed by atoms with Crippen molar-refractivity contribution in [1.82, 2.24) is 10.4 Å². The highest BCUT2D eigenvalue weighted by atomic mass is 32.2. The van der Waals surface area contributed by atoms with Gasteiger partial charge in [-0.25, -0.2) is 5.43 Å². The Morgan fingerprint density at radius 1 is 1.12 bits per heavy atom. The molecule has 33 heavy (non-hydrogen) atoms. The number of nitrogens with zero attached hydrogens (tertiary/aromatic N) is 3. The summed E-state index contributed by atoms with van der Waals surface area (Å²) in [5, 5.41) is 15.0. The van der Waals surface area contributed by atoms with Crippen molar-refractivity contribution in [3.05, 3.63) is 87.7 Å². The lowest BCUT2D eigenvalue weighted by molar-refractivity contribution is -0.385. The molecule has 0 aliphatic heterocycles. The van der Waals surface area contributed by atoms with Gasteiger partial charge in [-0.2, -0.15) is 13.5 Å². The molecule has 1 N–H and O–H groups in total. The lowest BCUT2D eigenvalue weighted by atomic mass is 10.2. The minimum Gasteiger partial charge on any atom is -0.493 e. The van der Waals surface area contributed by atoms with Crippen molar-refractivity contribution >= 4 is 27.9 Å². The normalized spacial score (nSPS) is 11.2. The van der Waals surface area contributed by atoms with E-state index in [1.807, 2.05) is 0 Å². The molecule has 170 valence electrons. The third-order valence-electron chi connectivity index (χ3n) is 4.38. The summed E-state index contributed by atoms with van der Waals surface area (Å²) in [5.41, 5.74) is 3.20. The minimum absolute atomic E-state index is 0.0737. The highest BCUT2D eigenvalue weighted by Crippen LogP contribution is 2.31. The molecule has 1 heterocycles. The first kappa shape index (κ1) is 23.3. The van der Waals surface area contributed by atoms with E-state index in [2.05, 4.69) is 15.5 Å². The molecular formula is C21H18N4O7S. The maximum atomic E-state index is 12.6. The number of rotatable bonds is 8. The summed E-state index contributed by atoms with van der Waals surface area (Å²) in [6.07, 6.45) is 4.29. The molecule has 0 unspecified atom stereocenters. The number of benzene rings is 2. The Balaban J connectivity index is 1.78. The standard InChI is InChI=1S/C21H18N4O7S/c1-14-3-5-17(12-18(14)25(27)28)33(29,30)32-19-6-4-15(11-20(19)31-2)13-23-24-21(26)16-7-9-22-10-8-16/h3-13H,1-2H3,(H,24,26)/b23-13-. The van der Waals surface area contributed by atoms with Gasteiger partial charge in [0.1, 0.15) is 4.90 Å². The van der Waals surface area contributed by atoms with Gasteiger partial charge < -0.3 is 8.92 Å². The van der Waals surface area contributed by atoms with Crippen molar-refractivity contribution in [1.29, 1.82) is 0 Å². The van der Waals surface area contributed by atoms with Crippen LogP contribution in [0.25, 0.3) is 0 Å². The number of hydrogen-bond donors (Lipinski definition) is 1. The maximum Gasteiger partial charge on any atom is 0.339 e. The van der Waals surface area contributed by atoms with Crippen LogP contribution >= 0.6 is 0 Å². The number of nitrogens with one attached hydrogen (secondary N) is 1. The van der Waals surface area contributed by atoms with Crippen molar-refractivity contribution in [3.8, 4) is 11.5 Å². The van der Waals surface area contributed by atoms with Gasteiger partial charge in [0.05, 0.1) is 18.2 Å². The molecule has 3 rings (SSSR count). The fraction of sp³-hybridized carbons (Fsp3) is 0.0952. The Morgan fingerprint density at radius 2 is 1.85 bits per heavy atom. The van der Waals surface area contributed by atoms with Crippen LogP contribution in [0, 0.1) is 17.0 Å². The monoisotopic (exact) mass is 470 g/mol. The van der Waals surface area contributed by atoms with Gasteiger partial charge in [-0.05, 0) is 48.9 Å². The third-order valence-corrected chi connectivity index (χ3v) is 5.61. The lowest BCUT2D eigenvalue weighted by Crippen LogP contribution is -2.17. The van der Waals surface area contributed by atoms with Crippen molar-refractivity contribution in [3.63, 3.8) is 0 Å². The highest BCUT2D eigenvalue weighted by Gasteiger charge is 2.23. The predicted octanol–water partition coefficient (Wildman–Crippen LogP) is 2.84. The molecule has 0 radical (unpaired) electrons. The summed E-state index contributed by atoms with van der Waals surface area (Å²) in [6, 6.07) is 10.8. The Bertz CT molecular complexity index is 1330. The van der Waals surface area contributed by atoms with Gasteiger partial charge >= 0.3 is 10.1 Å². The first-order chi connectivity index (χ1) is 15.7. The maximum absolute atomic E-state index is 12.6. The predicted molar refractivity (Wildman–Crippen MR) is 118 cm³/mol. The highest BCUT2D eigenvalue weighted by molar-refractivity contribution is 7.87.